The molecule has 0 radical (unpaired) electrons. The van der Waals surface area contributed by atoms with Gasteiger partial charge < -0.3 is 9.32 Å². The molecule has 0 spiro atoms. The first-order valence-electron chi connectivity index (χ1n) is 7.58. The van der Waals surface area contributed by atoms with E-state index in [0.717, 1.165) is 11.2 Å². The van der Waals surface area contributed by atoms with Gasteiger partial charge in [0.05, 0.1) is 6.04 Å². The van der Waals surface area contributed by atoms with Gasteiger partial charge in [0.25, 0.3) is 0 Å². The van der Waals surface area contributed by atoms with Crippen molar-refractivity contribution in [2.24, 2.45) is 0 Å². The van der Waals surface area contributed by atoms with E-state index in [1.54, 1.807) is 0 Å². The summed E-state index contributed by atoms with van der Waals surface area (Å²) in [6.45, 7) is 2.14. The van der Waals surface area contributed by atoms with Crippen molar-refractivity contribution < 1.29 is 4.42 Å². The van der Waals surface area contributed by atoms with E-state index in [2.05, 4.69) is 66.7 Å². The van der Waals surface area contributed by atoms with Gasteiger partial charge in [-0.05, 0) is 36.8 Å². The van der Waals surface area contributed by atoms with Crippen LogP contribution in [-0.4, -0.2) is 4.90 Å². The van der Waals surface area contributed by atoms with Crippen molar-refractivity contribution >= 4 is 28.0 Å². The molecule has 2 aromatic carbocycles. The van der Waals surface area contributed by atoms with Crippen molar-refractivity contribution in [1.29, 1.82) is 0 Å². The molecule has 106 valence electrons. The molecule has 0 aliphatic carbocycles. The van der Waals surface area contributed by atoms with E-state index in [0.29, 0.717) is 0 Å². The fourth-order valence-electron chi connectivity index (χ4n) is 3.50. The van der Waals surface area contributed by atoms with Gasteiger partial charge in [-0.15, -0.1) is 0 Å². The van der Waals surface area contributed by atoms with Crippen molar-refractivity contribution in [2.75, 3.05) is 0 Å². The highest BCUT2D eigenvalue weighted by Gasteiger charge is 2.26. The molecule has 0 bridgehead atoms. The fourth-order valence-corrected chi connectivity index (χ4v) is 3.50. The Kier molecular flexibility index (Phi) is 2.23. The van der Waals surface area contributed by atoms with Gasteiger partial charge in [0, 0.05) is 28.7 Å². The van der Waals surface area contributed by atoms with Gasteiger partial charge in [-0.2, -0.15) is 0 Å². The number of nitrogens with zero attached hydrogens (tertiary/aromatic N) is 1. The maximum Gasteiger partial charge on any atom is 0.141 e. The molecule has 3 heterocycles. The number of allylic oxidation sites excluding steroid dienone is 2. The van der Waals surface area contributed by atoms with Gasteiger partial charge in [-0.25, -0.2) is 0 Å². The Bertz CT molecular complexity index is 1000. The SMILES string of the molecule is CC1=CC2c3c(ccc4c3oc3ccccc34)C=CN2C=C1. The zero-order chi connectivity index (χ0) is 14.7. The van der Waals surface area contributed by atoms with Gasteiger partial charge in [0.15, 0.2) is 0 Å². The number of rotatable bonds is 0. The third-order valence-electron chi connectivity index (χ3n) is 4.59. The molecule has 2 aliphatic heterocycles. The summed E-state index contributed by atoms with van der Waals surface area (Å²) < 4.78 is 6.22. The first-order chi connectivity index (χ1) is 10.8. The second kappa shape index (κ2) is 4.14. The van der Waals surface area contributed by atoms with Crippen LogP contribution in [0.5, 0.6) is 0 Å². The van der Waals surface area contributed by atoms with Gasteiger partial charge in [0.2, 0.25) is 0 Å². The summed E-state index contributed by atoms with van der Waals surface area (Å²) in [7, 11) is 0. The van der Waals surface area contributed by atoms with Gasteiger partial charge in [-0.1, -0.05) is 35.9 Å². The highest BCUT2D eigenvalue weighted by Crippen LogP contribution is 2.41. The summed E-state index contributed by atoms with van der Waals surface area (Å²) >= 11 is 0. The molecular weight excluding hydrogens is 270 g/mol. The molecule has 1 atom stereocenters. The van der Waals surface area contributed by atoms with Gasteiger partial charge in [0.1, 0.15) is 11.2 Å². The fraction of sp³-hybridized carbons (Fsp3) is 0.100. The maximum absolute atomic E-state index is 6.22. The Balaban J connectivity index is 1.89. The monoisotopic (exact) mass is 285 g/mol. The Morgan fingerprint density at radius 1 is 0.955 bits per heavy atom. The van der Waals surface area contributed by atoms with Crippen LogP contribution in [0.3, 0.4) is 0 Å². The van der Waals surface area contributed by atoms with Crippen LogP contribution in [0.15, 0.2) is 70.9 Å². The first kappa shape index (κ1) is 11.9. The predicted octanol–water partition coefficient (Wildman–Crippen LogP) is 5.39. The number of fused-ring (bicyclic) bond motifs is 7. The molecule has 22 heavy (non-hydrogen) atoms. The van der Waals surface area contributed by atoms with Crippen molar-refractivity contribution in [3.63, 3.8) is 0 Å². The zero-order valence-corrected chi connectivity index (χ0v) is 12.3. The first-order valence-corrected chi connectivity index (χ1v) is 7.58. The minimum atomic E-state index is 0.217. The van der Waals surface area contributed by atoms with E-state index in [4.69, 9.17) is 4.42 Å². The average molecular weight is 285 g/mol. The molecule has 0 saturated heterocycles. The summed E-state index contributed by atoms with van der Waals surface area (Å²) in [6.07, 6.45) is 10.9. The van der Waals surface area contributed by atoms with Crippen LogP contribution in [0.2, 0.25) is 0 Å². The van der Waals surface area contributed by atoms with E-state index in [1.165, 1.54) is 27.5 Å². The minimum Gasteiger partial charge on any atom is -0.456 e. The number of para-hydroxylation sites is 1. The van der Waals surface area contributed by atoms with E-state index in [1.807, 2.05) is 12.1 Å². The van der Waals surface area contributed by atoms with Crippen LogP contribution < -0.4 is 0 Å². The molecule has 1 aromatic heterocycles. The van der Waals surface area contributed by atoms with Crippen LogP contribution in [0, 0.1) is 0 Å². The van der Waals surface area contributed by atoms with Crippen LogP contribution in [0.4, 0.5) is 0 Å². The number of furan rings is 1. The minimum absolute atomic E-state index is 0.217. The molecule has 0 amide bonds. The zero-order valence-electron chi connectivity index (χ0n) is 12.3. The standard InChI is InChI=1S/C20H15NO/c1-13-8-10-21-11-9-14-6-7-16-15-4-2-3-5-18(15)22-20(16)19(14)17(21)12-13/h2-12,17H,1H3. The number of hydrogen-bond acceptors (Lipinski definition) is 2. The maximum atomic E-state index is 6.22. The number of benzene rings is 2. The third-order valence-corrected chi connectivity index (χ3v) is 4.59. The van der Waals surface area contributed by atoms with Gasteiger partial charge in [-0.3, -0.25) is 0 Å². The number of hydrogen-bond donors (Lipinski definition) is 0. The Hall–Kier alpha value is -2.74. The highest BCUT2D eigenvalue weighted by molar-refractivity contribution is 6.07. The van der Waals surface area contributed by atoms with Crippen LogP contribution in [-0.2, 0) is 0 Å². The van der Waals surface area contributed by atoms with E-state index >= 15 is 0 Å². The molecule has 1 unspecified atom stereocenters. The molecule has 0 saturated carbocycles. The predicted molar refractivity (Wildman–Crippen MR) is 90.2 cm³/mol. The smallest absolute Gasteiger partial charge is 0.141 e. The quantitative estimate of drug-likeness (QED) is 0.551. The average Bonchev–Trinajstić information content (AvgIpc) is 2.93. The van der Waals surface area contributed by atoms with Crippen LogP contribution >= 0.6 is 0 Å². The summed E-state index contributed by atoms with van der Waals surface area (Å²) in [5, 5.41) is 2.39. The molecule has 2 aliphatic rings. The molecule has 5 rings (SSSR count). The van der Waals surface area contributed by atoms with E-state index < -0.39 is 0 Å². The molecular formula is C20H15NO. The Morgan fingerprint density at radius 2 is 1.82 bits per heavy atom. The molecule has 0 N–H and O–H groups in total. The Morgan fingerprint density at radius 3 is 2.77 bits per heavy atom. The van der Waals surface area contributed by atoms with Gasteiger partial charge >= 0.3 is 0 Å². The van der Waals surface area contributed by atoms with E-state index in [-0.39, 0.29) is 6.04 Å². The second-order valence-electron chi connectivity index (χ2n) is 5.98. The second-order valence-corrected chi connectivity index (χ2v) is 5.98. The summed E-state index contributed by atoms with van der Waals surface area (Å²) in [4.78, 5) is 2.24. The van der Waals surface area contributed by atoms with Crippen molar-refractivity contribution in [3.8, 4) is 0 Å². The molecule has 0 fully saturated rings. The van der Waals surface area contributed by atoms with Crippen molar-refractivity contribution in [3.05, 3.63) is 77.7 Å². The van der Waals surface area contributed by atoms with Crippen molar-refractivity contribution in [1.82, 2.24) is 4.90 Å². The molecule has 2 nitrogen and oxygen atoms in total. The summed E-state index contributed by atoms with van der Waals surface area (Å²) in [5.41, 5.74) is 5.76. The molecule has 3 aromatic rings. The van der Waals surface area contributed by atoms with Crippen LogP contribution in [0.1, 0.15) is 24.1 Å². The lowest BCUT2D eigenvalue weighted by atomic mass is 9.91. The highest BCUT2D eigenvalue weighted by atomic mass is 16.3. The normalized spacial score (nSPS) is 19.4. The summed E-state index contributed by atoms with van der Waals surface area (Å²) in [6, 6.07) is 12.9. The third kappa shape index (κ3) is 1.49. The lowest BCUT2D eigenvalue weighted by molar-refractivity contribution is 0.426. The molecule has 2 heteroatoms. The topological polar surface area (TPSA) is 16.4 Å². The summed E-state index contributed by atoms with van der Waals surface area (Å²) in [5.74, 6) is 0. The lowest BCUT2D eigenvalue weighted by Crippen LogP contribution is -2.22. The Labute approximate surface area is 128 Å². The van der Waals surface area contributed by atoms with Crippen LogP contribution in [0.25, 0.3) is 28.0 Å². The largest absolute Gasteiger partial charge is 0.456 e. The van der Waals surface area contributed by atoms with Crippen molar-refractivity contribution in [2.45, 2.75) is 13.0 Å². The lowest BCUT2D eigenvalue weighted by Gasteiger charge is -2.32. The van der Waals surface area contributed by atoms with E-state index in [9.17, 15) is 0 Å².